The second-order valence-corrected chi connectivity index (χ2v) is 4.07. The Morgan fingerprint density at radius 2 is 1.82 bits per heavy atom. The Hall–Kier alpha value is -1.26. The molecule has 4 heteroatoms. The Balaban J connectivity index is 2.12. The standard InChI is InChI=1S/C13H22N2O2/c1-15(8-3-10-16-2)9-11-17-13-6-4-12(14)5-7-13/h4-7H,3,8-11,14H2,1-2H3. The molecule has 0 amide bonds. The molecule has 0 radical (unpaired) electrons. The number of ether oxygens (including phenoxy) is 2. The first kappa shape index (κ1) is 13.8. The molecule has 0 bridgehead atoms. The van der Waals surface area contributed by atoms with Crippen LogP contribution < -0.4 is 10.5 Å². The molecule has 1 aromatic rings. The lowest BCUT2D eigenvalue weighted by atomic mass is 10.3. The van der Waals surface area contributed by atoms with Gasteiger partial charge in [-0.15, -0.1) is 0 Å². The van der Waals surface area contributed by atoms with E-state index in [4.69, 9.17) is 15.2 Å². The molecule has 0 heterocycles. The van der Waals surface area contributed by atoms with Crippen LogP contribution in [0.15, 0.2) is 24.3 Å². The monoisotopic (exact) mass is 238 g/mol. The van der Waals surface area contributed by atoms with Gasteiger partial charge >= 0.3 is 0 Å². The summed E-state index contributed by atoms with van der Waals surface area (Å²) in [6, 6.07) is 7.47. The molecule has 0 aliphatic rings. The van der Waals surface area contributed by atoms with Crippen molar-refractivity contribution in [2.75, 3.05) is 46.2 Å². The fourth-order valence-corrected chi connectivity index (χ4v) is 1.47. The summed E-state index contributed by atoms with van der Waals surface area (Å²) in [5.41, 5.74) is 6.35. The average molecular weight is 238 g/mol. The van der Waals surface area contributed by atoms with Crippen molar-refractivity contribution in [1.29, 1.82) is 0 Å². The van der Waals surface area contributed by atoms with Crippen LogP contribution in [0.2, 0.25) is 0 Å². The van der Waals surface area contributed by atoms with E-state index in [1.165, 1.54) is 0 Å². The maximum Gasteiger partial charge on any atom is 0.119 e. The van der Waals surface area contributed by atoms with Gasteiger partial charge in [0.15, 0.2) is 0 Å². The average Bonchev–Trinajstić information content (AvgIpc) is 2.32. The van der Waals surface area contributed by atoms with Crippen LogP contribution in [0.5, 0.6) is 5.75 Å². The molecule has 1 rings (SSSR count). The van der Waals surface area contributed by atoms with Crippen molar-refractivity contribution in [1.82, 2.24) is 4.90 Å². The summed E-state index contributed by atoms with van der Waals surface area (Å²) in [7, 11) is 3.81. The Labute approximate surface area is 103 Å². The van der Waals surface area contributed by atoms with Crippen LogP contribution in [0.4, 0.5) is 5.69 Å². The third-order valence-electron chi connectivity index (χ3n) is 2.51. The fourth-order valence-electron chi connectivity index (χ4n) is 1.47. The van der Waals surface area contributed by atoms with Gasteiger partial charge in [-0.25, -0.2) is 0 Å². The Morgan fingerprint density at radius 3 is 2.47 bits per heavy atom. The van der Waals surface area contributed by atoms with Crippen LogP contribution in [0.1, 0.15) is 6.42 Å². The Kier molecular flexibility index (Phi) is 6.43. The summed E-state index contributed by atoms with van der Waals surface area (Å²) in [6.45, 7) is 3.43. The first-order valence-corrected chi connectivity index (χ1v) is 5.88. The number of hydrogen-bond donors (Lipinski definition) is 1. The van der Waals surface area contributed by atoms with Gasteiger partial charge < -0.3 is 20.1 Å². The molecule has 4 nitrogen and oxygen atoms in total. The molecule has 0 fully saturated rings. The zero-order valence-corrected chi connectivity index (χ0v) is 10.7. The van der Waals surface area contributed by atoms with Crippen LogP contribution in [0.3, 0.4) is 0 Å². The van der Waals surface area contributed by atoms with Crippen molar-refractivity contribution in [2.24, 2.45) is 0 Å². The fraction of sp³-hybridized carbons (Fsp3) is 0.538. The second-order valence-electron chi connectivity index (χ2n) is 4.07. The number of hydrogen-bond acceptors (Lipinski definition) is 4. The van der Waals surface area contributed by atoms with Gasteiger partial charge in [0.2, 0.25) is 0 Å². The Bertz CT molecular complexity index is 301. The predicted octanol–water partition coefficient (Wildman–Crippen LogP) is 1.62. The number of nitrogens with two attached hydrogens (primary N) is 1. The molecule has 0 saturated carbocycles. The number of nitrogen functional groups attached to an aromatic ring is 1. The largest absolute Gasteiger partial charge is 0.492 e. The number of methoxy groups -OCH3 is 1. The minimum Gasteiger partial charge on any atom is -0.492 e. The first-order chi connectivity index (χ1) is 8.22. The highest BCUT2D eigenvalue weighted by atomic mass is 16.5. The molecule has 0 aliphatic carbocycles. The van der Waals surface area contributed by atoms with E-state index < -0.39 is 0 Å². The van der Waals surface area contributed by atoms with Gasteiger partial charge in [0.25, 0.3) is 0 Å². The first-order valence-electron chi connectivity index (χ1n) is 5.88. The summed E-state index contributed by atoms with van der Waals surface area (Å²) in [6.07, 6.45) is 1.05. The number of rotatable bonds is 8. The van der Waals surface area contributed by atoms with E-state index in [0.717, 1.165) is 37.6 Å². The van der Waals surface area contributed by atoms with Crippen LogP contribution in [-0.2, 0) is 4.74 Å². The highest BCUT2D eigenvalue weighted by Gasteiger charge is 1.99. The van der Waals surface area contributed by atoms with Gasteiger partial charge in [-0.05, 0) is 37.7 Å². The molecular formula is C13H22N2O2. The molecule has 2 N–H and O–H groups in total. The molecule has 0 aromatic heterocycles. The lowest BCUT2D eigenvalue weighted by Crippen LogP contribution is -2.26. The van der Waals surface area contributed by atoms with E-state index in [1.54, 1.807) is 7.11 Å². The van der Waals surface area contributed by atoms with Crippen molar-refractivity contribution in [3.63, 3.8) is 0 Å². The number of nitrogens with zero attached hydrogens (tertiary/aromatic N) is 1. The SMILES string of the molecule is COCCCN(C)CCOc1ccc(N)cc1. The summed E-state index contributed by atoms with van der Waals surface area (Å²) in [5.74, 6) is 0.865. The summed E-state index contributed by atoms with van der Waals surface area (Å²) < 4.78 is 10.6. The van der Waals surface area contributed by atoms with Gasteiger partial charge in [-0.3, -0.25) is 0 Å². The second kappa shape index (κ2) is 7.92. The zero-order chi connectivity index (χ0) is 12.5. The predicted molar refractivity (Wildman–Crippen MR) is 70.3 cm³/mol. The third kappa shape index (κ3) is 6.14. The normalized spacial score (nSPS) is 10.8. The van der Waals surface area contributed by atoms with Gasteiger partial charge in [0.1, 0.15) is 12.4 Å². The quantitative estimate of drug-likeness (QED) is 0.552. The summed E-state index contributed by atoms with van der Waals surface area (Å²) >= 11 is 0. The zero-order valence-electron chi connectivity index (χ0n) is 10.7. The van der Waals surface area contributed by atoms with Gasteiger partial charge in [0, 0.05) is 32.5 Å². The van der Waals surface area contributed by atoms with Crippen LogP contribution in [0, 0.1) is 0 Å². The Morgan fingerprint density at radius 1 is 1.12 bits per heavy atom. The topological polar surface area (TPSA) is 47.7 Å². The molecule has 1 aromatic carbocycles. The smallest absolute Gasteiger partial charge is 0.119 e. The van der Waals surface area contributed by atoms with Gasteiger partial charge in [-0.1, -0.05) is 0 Å². The number of likely N-dealkylation sites (N-methyl/N-ethyl adjacent to an activating group) is 1. The van der Waals surface area contributed by atoms with E-state index in [0.29, 0.717) is 6.61 Å². The van der Waals surface area contributed by atoms with Crippen LogP contribution in [0.25, 0.3) is 0 Å². The van der Waals surface area contributed by atoms with Gasteiger partial charge in [0.05, 0.1) is 0 Å². The maximum absolute atomic E-state index is 5.61. The number of benzene rings is 1. The molecule has 96 valence electrons. The molecular weight excluding hydrogens is 216 g/mol. The molecule has 17 heavy (non-hydrogen) atoms. The molecule has 0 atom stereocenters. The lowest BCUT2D eigenvalue weighted by molar-refractivity contribution is 0.172. The third-order valence-corrected chi connectivity index (χ3v) is 2.51. The van der Waals surface area contributed by atoms with Crippen molar-refractivity contribution in [3.05, 3.63) is 24.3 Å². The highest BCUT2D eigenvalue weighted by Crippen LogP contribution is 2.12. The van der Waals surface area contributed by atoms with Crippen molar-refractivity contribution in [3.8, 4) is 5.75 Å². The van der Waals surface area contributed by atoms with Gasteiger partial charge in [-0.2, -0.15) is 0 Å². The summed E-state index contributed by atoms with van der Waals surface area (Å²) in [4.78, 5) is 2.23. The van der Waals surface area contributed by atoms with Crippen molar-refractivity contribution >= 4 is 5.69 Å². The molecule has 0 unspecified atom stereocenters. The van der Waals surface area contributed by atoms with E-state index >= 15 is 0 Å². The highest BCUT2D eigenvalue weighted by molar-refractivity contribution is 5.41. The lowest BCUT2D eigenvalue weighted by Gasteiger charge is -2.16. The molecule has 0 aliphatic heterocycles. The van der Waals surface area contributed by atoms with E-state index in [9.17, 15) is 0 Å². The van der Waals surface area contributed by atoms with Crippen molar-refractivity contribution < 1.29 is 9.47 Å². The molecule has 0 saturated heterocycles. The molecule has 0 spiro atoms. The van der Waals surface area contributed by atoms with Crippen LogP contribution >= 0.6 is 0 Å². The van der Waals surface area contributed by atoms with Crippen LogP contribution in [-0.4, -0.2) is 45.4 Å². The minimum absolute atomic E-state index is 0.688. The number of anilines is 1. The maximum atomic E-state index is 5.61. The summed E-state index contributed by atoms with van der Waals surface area (Å²) in [5, 5.41) is 0. The van der Waals surface area contributed by atoms with Crippen molar-refractivity contribution in [2.45, 2.75) is 6.42 Å². The minimum atomic E-state index is 0.688. The van der Waals surface area contributed by atoms with E-state index in [2.05, 4.69) is 11.9 Å². The van der Waals surface area contributed by atoms with E-state index in [1.807, 2.05) is 24.3 Å². The van der Waals surface area contributed by atoms with E-state index in [-0.39, 0.29) is 0 Å².